The number of aromatic amines is 1. The Morgan fingerprint density at radius 3 is 2.62 bits per heavy atom. The number of carbonyl (C=O) groups is 1. The minimum atomic E-state index is -0.197. The van der Waals surface area contributed by atoms with Crippen LogP contribution in [-0.2, 0) is 4.79 Å². The van der Waals surface area contributed by atoms with Crippen LogP contribution in [0.15, 0.2) is 29.1 Å². The third kappa shape index (κ3) is 5.07. The number of unbranched alkanes of at least 4 members (excludes halogenated alkanes) is 2. The lowest BCUT2D eigenvalue weighted by Crippen LogP contribution is -2.18. The SMILES string of the molecule is CCCCCOc1ccc([C@@H]2SCC(=O)Nc3c2c(=O)[nH]n3[C@H](C)CCC)cc1. The van der Waals surface area contributed by atoms with Gasteiger partial charge in [-0.25, -0.2) is 0 Å². The zero-order valence-corrected chi connectivity index (χ0v) is 18.3. The van der Waals surface area contributed by atoms with Crippen molar-refractivity contribution in [2.45, 2.75) is 64.2 Å². The summed E-state index contributed by atoms with van der Waals surface area (Å²) < 4.78 is 7.63. The van der Waals surface area contributed by atoms with Crippen LogP contribution in [0.2, 0.25) is 0 Å². The molecule has 0 fully saturated rings. The molecule has 7 heteroatoms. The van der Waals surface area contributed by atoms with E-state index in [4.69, 9.17) is 4.74 Å². The lowest BCUT2D eigenvalue weighted by atomic mass is 10.1. The molecule has 0 spiro atoms. The van der Waals surface area contributed by atoms with Crippen LogP contribution in [0, 0.1) is 0 Å². The predicted molar refractivity (Wildman–Crippen MR) is 119 cm³/mol. The third-order valence-corrected chi connectivity index (χ3v) is 6.48. The first-order valence-corrected chi connectivity index (χ1v) is 11.6. The highest BCUT2D eigenvalue weighted by Gasteiger charge is 2.31. The van der Waals surface area contributed by atoms with Crippen LogP contribution >= 0.6 is 11.8 Å². The van der Waals surface area contributed by atoms with E-state index in [-0.39, 0.29) is 22.8 Å². The fourth-order valence-electron chi connectivity index (χ4n) is 3.67. The number of carbonyl (C=O) groups excluding carboxylic acids is 1. The molecule has 6 nitrogen and oxygen atoms in total. The van der Waals surface area contributed by atoms with Crippen molar-refractivity contribution in [2.24, 2.45) is 0 Å². The lowest BCUT2D eigenvalue weighted by molar-refractivity contribution is -0.113. The Kier molecular flexibility index (Phi) is 7.47. The second-order valence-electron chi connectivity index (χ2n) is 7.57. The number of nitrogens with one attached hydrogen (secondary N) is 2. The van der Waals surface area contributed by atoms with E-state index in [2.05, 4.69) is 31.2 Å². The fourth-order valence-corrected chi connectivity index (χ4v) is 4.79. The summed E-state index contributed by atoms with van der Waals surface area (Å²) in [6.07, 6.45) is 5.31. The van der Waals surface area contributed by atoms with Gasteiger partial charge >= 0.3 is 0 Å². The normalized spacial score (nSPS) is 17.3. The van der Waals surface area contributed by atoms with Gasteiger partial charge < -0.3 is 10.1 Å². The summed E-state index contributed by atoms with van der Waals surface area (Å²) >= 11 is 1.48. The quantitative estimate of drug-likeness (QED) is 0.570. The van der Waals surface area contributed by atoms with E-state index in [0.29, 0.717) is 23.7 Å². The third-order valence-electron chi connectivity index (χ3n) is 5.21. The van der Waals surface area contributed by atoms with Crippen molar-refractivity contribution in [1.29, 1.82) is 0 Å². The number of hydrogen-bond acceptors (Lipinski definition) is 4. The predicted octanol–water partition coefficient (Wildman–Crippen LogP) is 4.88. The number of amides is 1. The highest BCUT2D eigenvalue weighted by Crippen LogP contribution is 2.40. The number of thioether (sulfide) groups is 1. The molecule has 0 aliphatic carbocycles. The van der Waals surface area contributed by atoms with E-state index < -0.39 is 0 Å². The molecule has 2 N–H and O–H groups in total. The Bertz CT molecular complexity index is 872. The molecule has 1 aromatic heterocycles. The Balaban J connectivity index is 1.87. The number of fused-ring (bicyclic) bond motifs is 1. The Labute approximate surface area is 176 Å². The van der Waals surface area contributed by atoms with Gasteiger partial charge in [-0.1, -0.05) is 45.2 Å². The summed E-state index contributed by atoms with van der Waals surface area (Å²) in [6.45, 7) is 7.06. The number of aromatic nitrogens is 2. The van der Waals surface area contributed by atoms with Crippen LogP contribution < -0.4 is 15.6 Å². The van der Waals surface area contributed by atoms with Crippen molar-refractivity contribution < 1.29 is 9.53 Å². The maximum absolute atomic E-state index is 12.8. The second-order valence-corrected chi connectivity index (χ2v) is 8.67. The number of anilines is 1. The molecule has 1 aliphatic rings. The van der Waals surface area contributed by atoms with Gasteiger partial charge in [0.05, 0.1) is 23.2 Å². The summed E-state index contributed by atoms with van der Waals surface area (Å²) in [5.41, 5.74) is 1.49. The molecule has 2 heterocycles. The minimum Gasteiger partial charge on any atom is -0.494 e. The fraction of sp³-hybridized carbons (Fsp3) is 0.545. The summed E-state index contributed by atoms with van der Waals surface area (Å²) in [5.74, 6) is 1.68. The monoisotopic (exact) mass is 417 g/mol. The van der Waals surface area contributed by atoms with Crippen LogP contribution in [-0.4, -0.2) is 28.0 Å². The molecule has 3 rings (SSSR count). The number of hydrogen-bond donors (Lipinski definition) is 2. The number of rotatable bonds is 9. The van der Waals surface area contributed by atoms with Gasteiger partial charge in [-0.05, 0) is 37.5 Å². The summed E-state index contributed by atoms with van der Waals surface area (Å²) in [4.78, 5) is 25.1. The summed E-state index contributed by atoms with van der Waals surface area (Å²) in [7, 11) is 0. The molecular formula is C22H31N3O3S. The van der Waals surface area contributed by atoms with E-state index in [1.165, 1.54) is 18.2 Å². The van der Waals surface area contributed by atoms with Gasteiger partial charge in [0, 0.05) is 6.04 Å². The Morgan fingerprint density at radius 1 is 1.17 bits per heavy atom. The molecule has 0 bridgehead atoms. The highest BCUT2D eigenvalue weighted by atomic mass is 32.2. The lowest BCUT2D eigenvalue weighted by Gasteiger charge is -2.17. The van der Waals surface area contributed by atoms with Gasteiger partial charge in [0.2, 0.25) is 5.91 Å². The van der Waals surface area contributed by atoms with Gasteiger partial charge in [-0.15, -0.1) is 11.8 Å². The maximum atomic E-state index is 12.8. The van der Waals surface area contributed by atoms with E-state index >= 15 is 0 Å². The van der Waals surface area contributed by atoms with E-state index in [1.54, 1.807) is 0 Å². The second kappa shape index (κ2) is 10.1. The van der Waals surface area contributed by atoms with Crippen LogP contribution in [0.3, 0.4) is 0 Å². The number of benzene rings is 1. The summed E-state index contributed by atoms with van der Waals surface area (Å²) in [6, 6.07) is 8.01. The number of ether oxygens (including phenoxy) is 1. The van der Waals surface area contributed by atoms with Crippen molar-refractivity contribution >= 4 is 23.5 Å². The topological polar surface area (TPSA) is 76.1 Å². The first-order chi connectivity index (χ1) is 14.0. The van der Waals surface area contributed by atoms with Crippen molar-refractivity contribution in [3.63, 3.8) is 0 Å². The van der Waals surface area contributed by atoms with E-state index in [9.17, 15) is 9.59 Å². The van der Waals surface area contributed by atoms with Crippen molar-refractivity contribution in [1.82, 2.24) is 9.78 Å². The van der Waals surface area contributed by atoms with Gasteiger partial charge in [0.25, 0.3) is 5.56 Å². The van der Waals surface area contributed by atoms with Crippen LogP contribution in [0.1, 0.15) is 75.3 Å². The average Bonchev–Trinajstić information content (AvgIpc) is 2.92. The van der Waals surface area contributed by atoms with Gasteiger partial charge in [0.1, 0.15) is 11.6 Å². The van der Waals surface area contributed by atoms with E-state index in [1.807, 2.05) is 28.9 Å². The molecule has 2 aromatic rings. The molecule has 0 saturated heterocycles. The highest BCUT2D eigenvalue weighted by molar-refractivity contribution is 8.00. The number of H-pyrrole nitrogens is 1. The first-order valence-electron chi connectivity index (χ1n) is 10.5. The van der Waals surface area contributed by atoms with E-state index in [0.717, 1.165) is 37.0 Å². The van der Waals surface area contributed by atoms with Gasteiger partial charge in [0.15, 0.2) is 0 Å². The molecule has 2 atom stereocenters. The number of nitrogens with zero attached hydrogens (tertiary/aromatic N) is 1. The Hall–Kier alpha value is -2.15. The Morgan fingerprint density at radius 2 is 1.93 bits per heavy atom. The smallest absolute Gasteiger partial charge is 0.270 e. The zero-order chi connectivity index (χ0) is 20.8. The molecule has 1 aliphatic heterocycles. The molecule has 0 radical (unpaired) electrons. The molecule has 1 aromatic carbocycles. The van der Waals surface area contributed by atoms with Crippen LogP contribution in [0.4, 0.5) is 5.82 Å². The van der Waals surface area contributed by atoms with Crippen LogP contribution in [0.5, 0.6) is 5.75 Å². The maximum Gasteiger partial charge on any atom is 0.270 e. The largest absolute Gasteiger partial charge is 0.494 e. The van der Waals surface area contributed by atoms with Crippen molar-refractivity contribution in [2.75, 3.05) is 17.7 Å². The van der Waals surface area contributed by atoms with Crippen molar-refractivity contribution in [3.05, 3.63) is 45.7 Å². The standard InChI is InChI=1S/C22H31N3O3S/c1-4-6-7-13-28-17-11-9-16(10-12-17)20-19-21(23-18(26)14-29-20)25(24-22(19)27)15(3)8-5-2/h9-12,15,20H,4-8,13-14H2,1-3H3,(H,23,26)(H,24,27)/t15-,20+/m1/s1. The summed E-state index contributed by atoms with van der Waals surface area (Å²) in [5, 5.41) is 5.70. The first kappa shape index (κ1) is 21.6. The zero-order valence-electron chi connectivity index (χ0n) is 17.5. The molecule has 0 saturated carbocycles. The molecular weight excluding hydrogens is 386 g/mol. The van der Waals surface area contributed by atoms with Crippen LogP contribution in [0.25, 0.3) is 0 Å². The molecule has 0 unspecified atom stereocenters. The average molecular weight is 418 g/mol. The van der Waals surface area contributed by atoms with Gasteiger partial charge in [-0.2, -0.15) is 0 Å². The molecule has 158 valence electrons. The van der Waals surface area contributed by atoms with Crippen molar-refractivity contribution in [3.8, 4) is 5.75 Å². The van der Waals surface area contributed by atoms with Gasteiger partial charge in [-0.3, -0.25) is 19.4 Å². The molecule has 29 heavy (non-hydrogen) atoms. The molecule has 1 amide bonds. The minimum absolute atomic E-state index is 0.0777.